The third-order valence-corrected chi connectivity index (χ3v) is 4.21. The molecule has 3 rings (SSSR count). The minimum absolute atomic E-state index is 0.376. The van der Waals surface area contributed by atoms with E-state index in [1.165, 1.54) is 7.11 Å². The van der Waals surface area contributed by atoms with E-state index in [4.69, 9.17) is 9.47 Å². The number of benzene rings is 2. The van der Waals surface area contributed by atoms with Crippen LogP contribution < -0.4 is 20.2 Å². The number of urea groups is 1. The molecule has 1 saturated heterocycles. The summed E-state index contributed by atoms with van der Waals surface area (Å²) in [4.78, 5) is 37.1. The summed E-state index contributed by atoms with van der Waals surface area (Å²) in [6.07, 6.45) is 0. The van der Waals surface area contributed by atoms with E-state index in [9.17, 15) is 14.4 Å². The topological polar surface area (TPSA) is 97.0 Å². The molecule has 27 heavy (non-hydrogen) atoms. The molecule has 1 fully saturated rings. The summed E-state index contributed by atoms with van der Waals surface area (Å²) in [7, 11) is 1.49. The molecule has 0 unspecified atom stereocenters. The normalized spacial score (nSPS) is 18.8. The first-order valence-corrected chi connectivity index (χ1v) is 8.23. The standard InChI is InChI=1S/C19H19N3O5/c1-19(13-8-4-3-5-9-13)17(24)22(18(25)20-19)21-16(23)12-27-15-11-7-6-10-14(15)26-2/h3-11H,12H2,1-2H3,(H,20,25)(H,21,23)/t19-/m1/s1. The van der Waals surface area contributed by atoms with E-state index in [2.05, 4.69) is 10.7 Å². The zero-order valence-electron chi connectivity index (χ0n) is 14.9. The SMILES string of the molecule is COc1ccccc1OCC(=O)NN1C(=O)N[C@](C)(c2ccccc2)C1=O. The van der Waals surface area contributed by atoms with Gasteiger partial charge in [0.2, 0.25) is 0 Å². The Labute approximate surface area is 156 Å². The summed E-state index contributed by atoms with van der Waals surface area (Å²) in [6, 6.07) is 14.9. The van der Waals surface area contributed by atoms with Crippen molar-refractivity contribution in [1.29, 1.82) is 0 Å². The molecule has 8 nitrogen and oxygen atoms in total. The van der Waals surface area contributed by atoms with Crippen molar-refractivity contribution in [2.75, 3.05) is 13.7 Å². The van der Waals surface area contributed by atoms with Gasteiger partial charge in [0.1, 0.15) is 5.54 Å². The number of nitrogens with one attached hydrogen (secondary N) is 2. The molecule has 2 N–H and O–H groups in total. The maximum atomic E-state index is 12.7. The highest BCUT2D eigenvalue weighted by Crippen LogP contribution is 2.28. The molecule has 0 bridgehead atoms. The Morgan fingerprint density at radius 1 is 1.07 bits per heavy atom. The second-order valence-corrected chi connectivity index (χ2v) is 6.04. The zero-order chi connectivity index (χ0) is 19.4. The summed E-state index contributed by atoms with van der Waals surface area (Å²) in [6.45, 7) is 1.19. The number of hydrogen-bond acceptors (Lipinski definition) is 5. The van der Waals surface area contributed by atoms with Crippen molar-refractivity contribution in [3.05, 3.63) is 60.2 Å². The Bertz CT molecular complexity index is 871. The lowest BCUT2D eigenvalue weighted by Crippen LogP contribution is -2.49. The van der Waals surface area contributed by atoms with Crippen LogP contribution in [0.4, 0.5) is 4.79 Å². The largest absolute Gasteiger partial charge is 0.493 e. The Balaban J connectivity index is 1.66. The Hall–Kier alpha value is -3.55. The van der Waals surface area contributed by atoms with Crippen molar-refractivity contribution in [3.63, 3.8) is 0 Å². The van der Waals surface area contributed by atoms with Crippen LogP contribution in [-0.2, 0) is 15.1 Å². The summed E-state index contributed by atoms with van der Waals surface area (Å²) >= 11 is 0. The van der Waals surface area contributed by atoms with E-state index in [0.717, 1.165) is 0 Å². The number of para-hydroxylation sites is 2. The second-order valence-electron chi connectivity index (χ2n) is 6.04. The number of hydrogen-bond donors (Lipinski definition) is 2. The first-order chi connectivity index (χ1) is 13.0. The Morgan fingerprint density at radius 2 is 1.70 bits per heavy atom. The van der Waals surface area contributed by atoms with Gasteiger partial charge in [-0.05, 0) is 24.6 Å². The van der Waals surface area contributed by atoms with Gasteiger partial charge in [-0.15, -0.1) is 0 Å². The van der Waals surface area contributed by atoms with Gasteiger partial charge in [0.05, 0.1) is 7.11 Å². The molecule has 1 heterocycles. The van der Waals surface area contributed by atoms with Crippen LogP contribution in [0.2, 0.25) is 0 Å². The Morgan fingerprint density at radius 3 is 2.37 bits per heavy atom. The number of amides is 4. The zero-order valence-corrected chi connectivity index (χ0v) is 14.9. The van der Waals surface area contributed by atoms with E-state index >= 15 is 0 Å². The number of carbonyl (C=O) groups is 3. The first-order valence-electron chi connectivity index (χ1n) is 8.23. The molecule has 2 aromatic carbocycles. The lowest BCUT2D eigenvalue weighted by atomic mass is 9.92. The van der Waals surface area contributed by atoms with Gasteiger partial charge in [-0.2, -0.15) is 5.01 Å². The van der Waals surface area contributed by atoms with Crippen LogP contribution in [0.1, 0.15) is 12.5 Å². The number of rotatable bonds is 6. The maximum Gasteiger partial charge on any atom is 0.344 e. The van der Waals surface area contributed by atoms with Gasteiger partial charge >= 0.3 is 6.03 Å². The average molecular weight is 369 g/mol. The van der Waals surface area contributed by atoms with Crippen molar-refractivity contribution in [1.82, 2.24) is 15.8 Å². The van der Waals surface area contributed by atoms with Crippen LogP contribution >= 0.6 is 0 Å². The van der Waals surface area contributed by atoms with E-state index < -0.39 is 23.4 Å². The Kier molecular flexibility index (Phi) is 4.98. The van der Waals surface area contributed by atoms with Gasteiger partial charge in [-0.3, -0.25) is 15.0 Å². The molecule has 140 valence electrons. The summed E-state index contributed by atoms with van der Waals surface area (Å²) in [5.74, 6) is -0.385. The molecular formula is C19H19N3O5. The van der Waals surface area contributed by atoms with Crippen LogP contribution in [-0.4, -0.2) is 36.6 Å². The van der Waals surface area contributed by atoms with E-state index in [-0.39, 0.29) is 6.61 Å². The fraction of sp³-hybridized carbons (Fsp3) is 0.211. The molecule has 0 aromatic heterocycles. The molecule has 0 radical (unpaired) electrons. The maximum absolute atomic E-state index is 12.7. The monoisotopic (exact) mass is 369 g/mol. The lowest BCUT2D eigenvalue weighted by Gasteiger charge is -2.22. The highest BCUT2D eigenvalue weighted by atomic mass is 16.5. The van der Waals surface area contributed by atoms with Crippen LogP contribution in [0.5, 0.6) is 11.5 Å². The van der Waals surface area contributed by atoms with Crippen LogP contribution in [0.15, 0.2) is 54.6 Å². The average Bonchev–Trinajstić information content (AvgIpc) is 2.91. The lowest BCUT2D eigenvalue weighted by molar-refractivity contribution is -0.139. The molecule has 0 aliphatic carbocycles. The molecule has 4 amide bonds. The fourth-order valence-electron chi connectivity index (χ4n) is 2.75. The van der Waals surface area contributed by atoms with Crippen molar-refractivity contribution in [2.45, 2.75) is 12.5 Å². The summed E-state index contributed by atoms with van der Waals surface area (Å²) in [5, 5.41) is 3.27. The third kappa shape index (κ3) is 3.55. The van der Waals surface area contributed by atoms with Crippen molar-refractivity contribution >= 4 is 17.8 Å². The van der Waals surface area contributed by atoms with Gasteiger partial charge in [-0.1, -0.05) is 42.5 Å². The smallest absolute Gasteiger partial charge is 0.344 e. The number of ether oxygens (including phenoxy) is 2. The van der Waals surface area contributed by atoms with Gasteiger partial charge in [0.15, 0.2) is 18.1 Å². The van der Waals surface area contributed by atoms with Crippen molar-refractivity contribution < 1.29 is 23.9 Å². The third-order valence-electron chi connectivity index (χ3n) is 4.21. The van der Waals surface area contributed by atoms with Gasteiger partial charge < -0.3 is 14.8 Å². The highest BCUT2D eigenvalue weighted by molar-refractivity contribution is 6.08. The molecular weight excluding hydrogens is 350 g/mol. The second kappa shape index (κ2) is 7.36. The van der Waals surface area contributed by atoms with Crippen LogP contribution in [0.3, 0.4) is 0 Å². The van der Waals surface area contributed by atoms with Crippen LogP contribution in [0, 0.1) is 0 Å². The molecule has 0 spiro atoms. The minimum Gasteiger partial charge on any atom is -0.493 e. The molecule has 8 heteroatoms. The van der Waals surface area contributed by atoms with Crippen LogP contribution in [0.25, 0.3) is 0 Å². The summed E-state index contributed by atoms with van der Waals surface area (Å²) in [5.41, 5.74) is 1.64. The van der Waals surface area contributed by atoms with Gasteiger partial charge in [-0.25, -0.2) is 4.79 Å². The van der Waals surface area contributed by atoms with E-state index in [1.807, 2.05) is 6.07 Å². The first kappa shape index (κ1) is 18.2. The molecule has 1 atom stereocenters. The van der Waals surface area contributed by atoms with Gasteiger partial charge in [0.25, 0.3) is 11.8 Å². The van der Waals surface area contributed by atoms with E-state index in [1.54, 1.807) is 55.5 Å². The fourth-order valence-corrected chi connectivity index (χ4v) is 2.75. The number of carbonyl (C=O) groups excluding carboxylic acids is 3. The molecule has 1 aliphatic heterocycles. The molecule has 1 aliphatic rings. The van der Waals surface area contributed by atoms with Crippen molar-refractivity contribution in [2.24, 2.45) is 0 Å². The summed E-state index contributed by atoms with van der Waals surface area (Å²) < 4.78 is 10.5. The minimum atomic E-state index is -1.25. The number of nitrogens with zero attached hydrogens (tertiary/aromatic N) is 1. The van der Waals surface area contributed by atoms with Crippen molar-refractivity contribution in [3.8, 4) is 11.5 Å². The number of hydrazine groups is 1. The predicted octanol–water partition coefficient (Wildman–Crippen LogP) is 1.57. The molecule has 0 saturated carbocycles. The highest BCUT2D eigenvalue weighted by Gasteiger charge is 2.49. The number of imide groups is 1. The van der Waals surface area contributed by atoms with Gasteiger partial charge in [0, 0.05) is 0 Å². The predicted molar refractivity (Wildman–Crippen MR) is 95.8 cm³/mol. The van der Waals surface area contributed by atoms with E-state index in [0.29, 0.717) is 22.1 Å². The number of methoxy groups -OCH3 is 1. The molecule has 2 aromatic rings. The quantitative estimate of drug-likeness (QED) is 0.754.